The Kier molecular flexibility index (Phi) is 15.4. The fourth-order valence-electron chi connectivity index (χ4n) is 5.48. The highest BCUT2D eigenvalue weighted by Gasteiger charge is 2.54. The van der Waals surface area contributed by atoms with Gasteiger partial charge in [0, 0.05) is 0 Å². The van der Waals surface area contributed by atoms with Crippen LogP contribution in [0, 0.1) is 11.8 Å². The molecule has 0 aromatic carbocycles. The van der Waals surface area contributed by atoms with Gasteiger partial charge < -0.3 is 39.4 Å². The minimum Gasteiger partial charge on any atom is -0.479 e. The van der Waals surface area contributed by atoms with Crippen LogP contribution in [0.1, 0.15) is 93.2 Å². The van der Waals surface area contributed by atoms with Crippen LogP contribution in [0.4, 0.5) is 5.95 Å². The number of aliphatic hydroxyl groups is 2. The van der Waals surface area contributed by atoms with Gasteiger partial charge in [0.2, 0.25) is 11.8 Å². The van der Waals surface area contributed by atoms with Gasteiger partial charge in [0.1, 0.15) is 29.9 Å². The van der Waals surface area contributed by atoms with Crippen LogP contribution >= 0.6 is 7.67 Å². The van der Waals surface area contributed by atoms with Crippen LogP contribution in [0.25, 0.3) is 11.2 Å². The van der Waals surface area contributed by atoms with Crippen molar-refractivity contribution >= 4 is 36.7 Å². The molecule has 6 N–H and O–H groups in total. The first-order chi connectivity index (χ1) is 23.6. The Morgan fingerprint density at radius 1 is 1.04 bits per heavy atom. The Morgan fingerprint density at radius 2 is 1.58 bits per heavy atom. The topological polar surface area (TPSA) is 232 Å². The predicted molar refractivity (Wildman–Crippen MR) is 185 cm³/mol. The van der Waals surface area contributed by atoms with E-state index in [9.17, 15) is 24.4 Å². The first-order valence-corrected chi connectivity index (χ1v) is 18.9. The summed E-state index contributed by atoms with van der Waals surface area (Å²) in [6.45, 7) is 12.7. The molecule has 0 radical (unpaired) electrons. The zero-order chi connectivity index (χ0) is 37.2. The summed E-state index contributed by atoms with van der Waals surface area (Å²) in [6, 6.07) is -2.13. The van der Waals surface area contributed by atoms with Crippen LogP contribution in [0.2, 0.25) is 0 Å². The van der Waals surface area contributed by atoms with Gasteiger partial charge in [0.25, 0.3) is 0 Å². The maximum Gasteiger partial charge on any atom is 0.342 e. The number of nitrogens with two attached hydrogens (primary N) is 1. The first kappa shape index (κ1) is 41.5. The van der Waals surface area contributed by atoms with Crippen molar-refractivity contribution in [2.45, 2.75) is 123 Å². The average molecular weight is 730 g/mol. The summed E-state index contributed by atoms with van der Waals surface area (Å²) in [6.07, 6.45) is 0.714. The number of aromatic nitrogens is 4. The monoisotopic (exact) mass is 729 g/mol. The summed E-state index contributed by atoms with van der Waals surface area (Å²) in [5, 5.41) is 28.4. The number of aliphatic hydroxyl groups excluding tert-OH is 1. The van der Waals surface area contributed by atoms with Crippen molar-refractivity contribution in [1.29, 1.82) is 0 Å². The summed E-state index contributed by atoms with van der Waals surface area (Å²) in [5.74, 6) is -1.26. The number of unbranched alkanes of at least 4 members (excludes halogenated alkanes) is 2. The van der Waals surface area contributed by atoms with Crippen LogP contribution in [0.15, 0.2) is 6.33 Å². The van der Waals surface area contributed by atoms with Gasteiger partial charge in [-0.1, -0.05) is 54.4 Å². The Labute approximate surface area is 293 Å². The van der Waals surface area contributed by atoms with Crippen LogP contribution in [0.5, 0.6) is 5.88 Å². The molecule has 50 heavy (non-hydrogen) atoms. The Morgan fingerprint density at radius 3 is 2.06 bits per heavy atom. The molecule has 17 nitrogen and oxygen atoms in total. The highest BCUT2D eigenvalue weighted by Crippen LogP contribution is 2.45. The fourth-order valence-corrected chi connectivity index (χ4v) is 7.30. The lowest BCUT2D eigenvalue weighted by atomic mass is 9.96. The van der Waals surface area contributed by atoms with Crippen molar-refractivity contribution in [1.82, 2.24) is 29.7 Å². The number of methoxy groups -OCH3 is 1. The number of nitrogens with one attached hydrogen (secondary N) is 2. The number of hydrogen-bond acceptors (Lipinski definition) is 14. The number of carbonyl (C=O) groups is 2. The number of nitrogens with zero attached hydrogens (tertiary/aromatic N) is 4. The number of ether oxygens (including phenoxy) is 4. The number of rotatable bonds is 21. The first-order valence-electron chi connectivity index (χ1n) is 17.3. The number of carbonyl (C=O) groups excluding carboxylic acids is 2. The lowest BCUT2D eigenvalue weighted by molar-refractivity contribution is -0.146. The van der Waals surface area contributed by atoms with E-state index in [4.69, 9.17) is 29.2 Å². The molecule has 0 spiro atoms. The summed E-state index contributed by atoms with van der Waals surface area (Å²) in [7, 11) is -2.94. The van der Waals surface area contributed by atoms with Crippen molar-refractivity contribution < 1.29 is 47.8 Å². The standard InChI is InChI=1S/C32H56N7O10P/c1-9-11-13-46-28(41)21(15-19(3)4)37-50(44,38-22(16-20(5)6)29(42)47-14-12-10-2)48-17-23-25(40)32(7,43)30(49-23)39-18-34-24-26(39)35-31(33)36-27(24)45-8/h18-23,25,30,40,43H,9-17H2,1-8H3,(H2,33,35,36)(H2,37,38,44)/t21-,22-,23+,25?,30+,32-/m0/s1. The van der Waals surface area contributed by atoms with Gasteiger partial charge in [0.15, 0.2) is 17.4 Å². The Bertz CT molecular complexity index is 1410. The molecule has 1 aliphatic rings. The maximum atomic E-state index is 14.8. The summed E-state index contributed by atoms with van der Waals surface area (Å²) in [4.78, 5) is 39.0. The molecule has 1 aliphatic heterocycles. The van der Waals surface area contributed by atoms with Gasteiger partial charge in [-0.3, -0.25) is 18.7 Å². The summed E-state index contributed by atoms with van der Waals surface area (Å²) in [5.41, 5.74) is 4.37. The molecule has 18 heteroatoms. The molecule has 3 rings (SSSR count). The van der Waals surface area contributed by atoms with Crippen molar-refractivity contribution in [3.05, 3.63) is 6.33 Å². The van der Waals surface area contributed by atoms with Gasteiger partial charge in [-0.15, -0.1) is 0 Å². The molecule has 284 valence electrons. The second kappa shape index (κ2) is 18.5. The maximum absolute atomic E-state index is 14.8. The van der Waals surface area contributed by atoms with E-state index in [2.05, 4.69) is 25.1 Å². The van der Waals surface area contributed by atoms with E-state index in [1.807, 2.05) is 41.5 Å². The third-order valence-corrected chi connectivity index (χ3v) is 9.96. The number of anilines is 1. The van der Waals surface area contributed by atoms with Gasteiger partial charge >= 0.3 is 19.6 Å². The number of nitrogen functional groups attached to an aromatic ring is 1. The smallest absolute Gasteiger partial charge is 0.342 e. The molecule has 1 fully saturated rings. The fraction of sp³-hybridized carbons (Fsp3) is 0.781. The SMILES string of the molecule is CCCCOC(=O)[C@H](CC(C)C)NP(=O)(N[C@@H](CC(C)C)C(=O)OCCCC)OC[C@H]1O[C@@H](n2cnc3c(OC)nc(N)nc32)[C@@](C)(O)C1O. The van der Waals surface area contributed by atoms with Crippen molar-refractivity contribution in [2.24, 2.45) is 11.8 Å². The van der Waals surface area contributed by atoms with Gasteiger partial charge in [0.05, 0.1) is 33.3 Å². The summed E-state index contributed by atoms with van der Waals surface area (Å²) < 4.78 is 44.5. The van der Waals surface area contributed by atoms with Gasteiger partial charge in [-0.2, -0.15) is 9.97 Å². The molecular formula is C32H56N7O10P. The van der Waals surface area contributed by atoms with E-state index >= 15 is 0 Å². The van der Waals surface area contributed by atoms with E-state index < -0.39 is 62.3 Å². The van der Waals surface area contributed by atoms with E-state index in [0.717, 1.165) is 12.8 Å². The lowest BCUT2D eigenvalue weighted by Gasteiger charge is -2.30. The molecule has 1 saturated heterocycles. The molecule has 3 heterocycles. The molecule has 1 unspecified atom stereocenters. The number of imidazole rings is 1. The number of hydrogen-bond donors (Lipinski definition) is 5. The largest absolute Gasteiger partial charge is 0.479 e. The van der Waals surface area contributed by atoms with Crippen LogP contribution < -0.4 is 20.6 Å². The zero-order valence-corrected chi connectivity index (χ0v) is 31.4. The Hall–Kier alpha value is -2.92. The molecule has 0 amide bonds. The second-order valence-corrected chi connectivity index (χ2v) is 15.5. The zero-order valence-electron chi connectivity index (χ0n) is 30.5. The average Bonchev–Trinajstić information content (AvgIpc) is 3.55. The van der Waals surface area contributed by atoms with E-state index in [1.165, 1.54) is 24.9 Å². The molecule has 0 saturated carbocycles. The van der Waals surface area contributed by atoms with E-state index in [1.54, 1.807) is 0 Å². The minimum absolute atomic E-state index is 0.0116. The normalized spacial score (nSPS) is 22.3. The van der Waals surface area contributed by atoms with Gasteiger partial charge in [-0.05, 0) is 44.4 Å². The highest BCUT2D eigenvalue weighted by atomic mass is 31.2. The van der Waals surface area contributed by atoms with Crippen molar-refractivity contribution in [3.63, 3.8) is 0 Å². The van der Waals surface area contributed by atoms with E-state index in [0.29, 0.717) is 12.8 Å². The van der Waals surface area contributed by atoms with Crippen molar-refractivity contribution in [3.8, 4) is 5.88 Å². The highest BCUT2D eigenvalue weighted by molar-refractivity contribution is 7.54. The molecular weight excluding hydrogens is 673 g/mol. The van der Waals surface area contributed by atoms with Crippen LogP contribution in [-0.4, -0.2) is 98.5 Å². The van der Waals surface area contributed by atoms with E-state index in [-0.39, 0.29) is 60.9 Å². The molecule has 0 bridgehead atoms. The van der Waals surface area contributed by atoms with Crippen LogP contribution in [0.3, 0.4) is 0 Å². The molecule has 2 aromatic rings. The summed E-state index contributed by atoms with van der Waals surface area (Å²) >= 11 is 0. The molecule has 6 atom stereocenters. The van der Waals surface area contributed by atoms with Gasteiger partial charge in [-0.25, -0.2) is 15.2 Å². The quantitative estimate of drug-likeness (QED) is 0.0705. The van der Waals surface area contributed by atoms with Crippen molar-refractivity contribution in [2.75, 3.05) is 32.7 Å². The molecule has 2 aromatic heterocycles. The second-order valence-electron chi connectivity index (χ2n) is 13.6. The minimum atomic E-state index is -4.33. The predicted octanol–water partition coefficient (Wildman–Crippen LogP) is 3.25. The number of fused-ring (bicyclic) bond motifs is 1. The third kappa shape index (κ3) is 10.8. The lowest BCUT2D eigenvalue weighted by Crippen LogP contribution is -2.47. The van der Waals surface area contributed by atoms with Crippen LogP contribution in [-0.2, 0) is 32.9 Å². The number of esters is 2. The molecule has 0 aliphatic carbocycles. The Balaban J connectivity index is 1.94. The third-order valence-electron chi connectivity index (χ3n) is 8.15.